The summed E-state index contributed by atoms with van der Waals surface area (Å²) in [4.78, 5) is 0. The molecule has 0 bridgehead atoms. The van der Waals surface area contributed by atoms with Gasteiger partial charge >= 0.3 is 0 Å². The summed E-state index contributed by atoms with van der Waals surface area (Å²) in [6, 6.07) is 0. The SMILES string of the molecule is CC(C)=C(C)CS1(Br)CCCC1. The lowest BCUT2D eigenvalue weighted by molar-refractivity contribution is 0.949. The summed E-state index contributed by atoms with van der Waals surface area (Å²) in [5, 5.41) is 0. The van der Waals surface area contributed by atoms with E-state index in [4.69, 9.17) is 0 Å². The van der Waals surface area contributed by atoms with E-state index in [1.165, 1.54) is 35.7 Å². The van der Waals surface area contributed by atoms with E-state index in [-0.39, 0.29) is 0 Å². The molecule has 2 heteroatoms. The van der Waals surface area contributed by atoms with Gasteiger partial charge in [0.25, 0.3) is 0 Å². The van der Waals surface area contributed by atoms with Crippen molar-refractivity contribution in [2.45, 2.75) is 33.6 Å². The molecule has 1 aliphatic heterocycles. The Labute approximate surface area is 85.3 Å². The first kappa shape index (κ1) is 10.6. The Hall–Kier alpha value is 0.570. The maximum Gasteiger partial charge on any atom is 0.00739 e. The monoisotopic (exact) mass is 250 g/mol. The first-order valence-corrected chi connectivity index (χ1v) is 8.61. The number of allylic oxidation sites excluding steroid dienone is 1. The molecule has 1 aliphatic rings. The zero-order valence-corrected chi connectivity index (χ0v) is 10.7. The van der Waals surface area contributed by atoms with Crippen LogP contribution in [0.3, 0.4) is 0 Å². The van der Waals surface area contributed by atoms with Crippen LogP contribution in [0.4, 0.5) is 0 Å². The summed E-state index contributed by atoms with van der Waals surface area (Å²) in [6.45, 7) is 6.73. The Morgan fingerprint density at radius 3 is 2.08 bits per heavy atom. The van der Waals surface area contributed by atoms with Gasteiger partial charge in [0, 0.05) is 5.75 Å². The van der Waals surface area contributed by atoms with Crippen molar-refractivity contribution in [3.05, 3.63) is 11.1 Å². The minimum absolute atomic E-state index is 0.393. The second kappa shape index (κ2) is 4.19. The van der Waals surface area contributed by atoms with E-state index in [9.17, 15) is 0 Å². The third-order valence-electron chi connectivity index (χ3n) is 2.60. The Kier molecular flexibility index (Phi) is 3.72. The number of hydrogen-bond acceptors (Lipinski definition) is 0. The van der Waals surface area contributed by atoms with Crippen molar-refractivity contribution >= 4 is 23.3 Å². The fourth-order valence-electron chi connectivity index (χ4n) is 1.50. The number of halogens is 1. The molecular formula is C10H19BrS. The molecule has 1 fully saturated rings. The minimum atomic E-state index is -0.393. The molecule has 12 heavy (non-hydrogen) atoms. The zero-order valence-electron chi connectivity index (χ0n) is 8.32. The fourth-order valence-corrected chi connectivity index (χ4v) is 6.90. The van der Waals surface area contributed by atoms with Gasteiger partial charge in [-0.25, -0.2) is 0 Å². The third-order valence-corrected chi connectivity index (χ3v) is 8.22. The summed E-state index contributed by atoms with van der Waals surface area (Å²) in [7, 11) is -0.393. The molecule has 0 nitrogen and oxygen atoms in total. The van der Waals surface area contributed by atoms with Crippen LogP contribution in [0.15, 0.2) is 11.1 Å². The van der Waals surface area contributed by atoms with Crippen molar-refractivity contribution in [3.8, 4) is 0 Å². The van der Waals surface area contributed by atoms with Crippen LogP contribution in [0.25, 0.3) is 0 Å². The molecule has 0 saturated carbocycles. The van der Waals surface area contributed by atoms with Crippen LogP contribution < -0.4 is 0 Å². The summed E-state index contributed by atoms with van der Waals surface area (Å²) in [5.41, 5.74) is 3.11. The topological polar surface area (TPSA) is 0 Å². The molecule has 72 valence electrons. The molecule has 1 saturated heterocycles. The van der Waals surface area contributed by atoms with Gasteiger partial charge in [0.15, 0.2) is 0 Å². The minimum Gasteiger partial charge on any atom is -0.179 e. The smallest absolute Gasteiger partial charge is 0.00739 e. The van der Waals surface area contributed by atoms with Crippen molar-refractivity contribution in [1.82, 2.24) is 0 Å². The molecule has 1 rings (SSSR count). The third kappa shape index (κ3) is 2.81. The normalized spacial score (nSPS) is 23.7. The highest BCUT2D eigenvalue weighted by atomic mass is 79.9. The van der Waals surface area contributed by atoms with E-state index in [0.717, 1.165) is 0 Å². The summed E-state index contributed by atoms with van der Waals surface area (Å²) in [5.74, 6) is 4.21. The van der Waals surface area contributed by atoms with E-state index in [1.807, 2.05) is 0 Å². The van der Waals surface area contributed by atoms with E-state index < -0.39 is 8.46 Å². The Morgan fingerprint density at radius 2 is 1.67 bits per heavy atom. The lowest BCUT2D eigenvalue weighted by atomic mass is 10.2. The Balaban J connectivity index is 2.55. The van der Waals surface area contributed by atoms with E-state index in [0.29, 0.717) is 0 Å². The largest absolute Gasteiger partial charge is 0.179 e. The van der Waals surface area contributed by atoms with Crippen LogP contribution in [0.2, 0.25) is 0 Å². The Bertz CT molecular complexity index is 186. The van der Waals surface area contributed by atoms with Gasteiger partial charge in [0.2, 0.25) is 0 Å². The van der Waals surface area contributed by atoms with E-state index >= 15 is 0 Å². The molecule has 0 N–H and O–H groups in total. The standard InChI is InChI=1S/C10H19BrS/c1-9(2)10(3)8-12(11)6-4-5-7-12/h4-8H2,1-3H3. The maximum atomic E-state index is 3.96. The highest BCUT2D eigenvalue weighted by Crippen LogP contribution is 2.61. The van der Waals surface area contributed by atoms with Crippen LogP contribution in [0.1, 0.15) is 33.6 Å². The molecule has 0 spiro atoms. The van der Waals surface area contributed by atoms with Crippen LogP contribution in [0.5, 0.6) is 0 Å². The lowest BCUT2D eigenvalue weighted by Gasteiger charge is -2.28. The lowest BCUT2D eigenvalue weighted by Crippen LogP contribution is -2.01. The average Bonchev–Trinajstić information content (AvgIpc) is 2.35. The second-order valence-electron chi connectivity index (χ2n) is 3.98. The second-order valence-corrected chi connectivity index (χ2v) is 11.1. The molecule has 0 radical (unpaired) electrons. The summed E-state index contributed by atoms with van der Waals surface area (Å²) in [6.07, 6.45) is 2.88. The van der Waals surface area contributed by atoms with Crippen LogP contribution in [0, 0.1) is 0 Å². The van der Waals surface area contributed by atoms with Crippen molar-refractivity contribution in [1.29, 1.82) is 0 Å². The molecule has 0 atom stereocenters. The first-order chi connectivity index (χ1) is 5.53. The predicted octanol–water partition coefficient (Wildman–Crippen LogP) is 4.25. The molecule has 0 unspecified atom stereocenters. The predicted molar refractivity (Wildman–Crippen MR) is 64.4 cm³/mol. The van der Waals surface area contributed by atoms with Gasteiger partial charge < -0.3 is 0 Å². The molecule has 1 heterocycles. The van der Waals surface area contributed by atoms with Gasteiger partial charge in [-0.3, -0.25) is 0 Å². The molecule has 0 amide bonds. The summed E-state index contributed by atoms with van der Waals surface area (Å²) < 4.78 is 0. The van der Waals surface area contributed by atoms with Crippen molar-refractivity contribution in [3.63, 3.8) is 0 Å². The average molecular weight is 251 g/mol. The fraction of sp³-hybridized carbons (Fsp3) is 0.800. The molecule has 0 aromatic rings. The van der Waals surface area contributed by atoms with Crippen molar-refractivity contribution in [2.75, 3.05) is 17.3 Å². The van der Waals surface area contributed by atoms with Gasteiger partial charge in [-0.2, -0.15) is 8.46 Å². The molecule has 0 aromatic heterocycles. The highest BCUT2D eigenvalue weighted by Gasteiger charge is 2.25. The van der Waals surface area contributed by atoms with Gasteiger partial charge in [0.05, 0.1) is 0 Å². The number of rotatable bonds is 2. The van der Waals surface area contributed by atoms with E-state index in [1.54, 1.807) is 5.57 Å². The van der Waals surface area contributed by atoms with Gasteiger partial charge in [-0.1, -0.05) is 11.1 Å². The Morgan fingerprint density at radius 1 is 1.17 bits per heavy atom. The first-order valence-electron chi connectivity index (χ1n) is 4.62. The van der Waals surface area contributed by atoms with Crippen molar-refractivity contribution < 1.29 is 0 Å². The van der Waals surface area contributed by atoms with Crippen LogP contribution in [-0.2, 0) is 0 Å². The maximum absolute atomic E-state index is 3.96. The van der Waals surface area contributed by atoms with Crippen LogP contribution in [-0.4, -0.2) is 17.3 Å². The van der Waals surface area contributed by atoms with Crippen LogP contribution >= 0.6 is 23.3 Å². The van der Waals surface area contributed by atoms with Gasteiger partial charge in [0.1, 0.15) is 0 Å². The quantitative estimate of drug-likeness (QED) is 0.643. The zero-order chi connectivity index (χ0) is 9.19. The van der Waals surface area contributed by atoms with Gasteiger partial charge in [-0.05, 0) is 59.9 Å². The summed E-state index contributed by atoms with van der Waals surface area (Å²) >= 11 is 3.96. The molecule has 0 aliphatic carbocycles. The molecule has 0 aromatic carbocycles. The highest BCUT2D eigenvalue weighted by molar-refractivity contribution is 9.58. The molecular weight excluding hydrogens is 232 g/mol. The van der Waals surface area contributed by atoms with Crippen molar-refractivity contribution in [2.24, 2.45) is 0 Å². The van der Waals surface area contributed by atoms with E-state index in [2.05, 4.69) is 35.6 Å². The number of hydrogen-bond donors (Lipinski definition) is 0. The van der Waals surface area contributed by atoms with Gasteiger partial charge in [-0.15, -0.1) is 0 Å².